The SMILES string of the molecule is c1ccc(-c2ccc(-c3nc(-c4ccccc4)nc(-n4c5ccccc5c5c(-c6cccc(N(c7ccccc7)c7ccccc7-c7ccccc7)c6)cccc54)n3)cc2)cc1. The number of hydrogen-bond donors (Lipinski definition) is 0. The lowest BCUT2D eigenvalue weighted by atomic mass is 9.98. The van der Waals surface area contributed by atoms with Crippen LogP contribution < -0.4 is 4.90 Å². The summed E-state index contributed by atoms with van der Waals surface area (Å²) < 4.78 is 2.19. The van der Waals surface area contributed by atoms with Crippen LogP contribution in [0.1, 0.15) is 0 Å². The molecule has 0 spiro atoms. The molecule has 0 aliphatic carbocycles. The van der Waals surface area contributed by atoms with Crippen molar-refractivity contribution in [2.24, 2.45) is 0 Å². The monoisotopic (exact) mass is 793 g/mol. The molecular weight excluding hydrogens is 755 g/mol. The van der Waals surface area contributed by atoms with E-state index in [1.807, 2.05) is 24.3 Å². The van der Waals surface area contributed by atoms with E-state index in [4.69, 9.17) is 15.0 Å². The minimum absolute atomic E-state index is 0.561. The van der Waals surface area contributed by atoms with Crippen LogP contribution in [0.3, 0.4) is 0 Å². The van der Waals surface area contributed by atoms with Crippen LogP contribution in [0.5, 0.6) is 0 Å². The van der Waals surface area contributed by atoms with Crippen molar-refractivity contribution in [3.05, 3.63) is 237 Å². The number of hydrogen-bond acceptors (Lipinski definition) is 4. The Bertz CT molecular complexity index is 3330. The van der Waals surface area contributed by atoms with Crippen molar-refractivity contribution in [1.29, 1.82) is 0 Å². The summed E-state index contributed by atoms with van der Waals surface area (Å²) in [5.74, 6) is 1.79. The molecule has 11 aromatic rings. The highest BCUT2D eigenvalue weighted by Gasteiger charge is 2.22. The number of anilines is 3. The van der Waals surface area contributed by atoms with E-state index in [1.54, 1.807) is 0 Å². The van der Waals surface area contributed by atoms with Crippen LogP contribution in [0.15, 0.2) is 237 Å². The van der Waals surface area contributed by atoms with E-state index in [0.717, 1.165) is 77.8 Å². The standard InChI is InChI=1S/C57H39N5/c1-5-19-40(20-6-1)41-35-37-44(38-36-41)56-58-55(43-23-9-3-10-24-43)59-57(60-56)62-52-33-16-14-30-50(52)54-49(31-18-34-53(54)62)45-25-17-28-47(39-45)61(46-26-11-4-12-27-46)51-32-15-13-29-48(51)42-21-7-2-8-22-42/h1-39H. The van der Waals surface area contributed by atoms with Gasteiger partial charge in [-0.2, -0.15) is 9.97 Å². The van der Waals surface area contributed by atoms with Crippen molar-refractivity contribution in [3.63, 3.8) is 0 Å². The van der Waals surface area contributed by atoms with Gasteiger partial charge in [-0.1, -0.05) is 194 Å². The molecule has 0 saturated carbocycles. The third-order valence-corrected chi connectivity index (χ3v) is 11.5. The highest BCUT2D eigenvalue weighted by Crippen LogP contribution is 2.44. The van der Waals surface area contributed by atoms with E-state index >= 15 is 0 Å². The average molecular weight is 794 g/mol. The summed E-state index contributed by atoms with van der Waals surface area (Å²) in [7, 11) is 0. The highest BCUT2D eigenvalue weighted by molar-refractivity contribution is 6.15. The van der Waals surface area contributed by atoms with Gasteiger partial charge in [0.2, 0.25) is 5.95 Å². The first-order valence-electron chi connectivity index (χ1n) is 20.9. The first-order chi connectivity index (χ1) is 30.8. The number of para-hydroxylation sites is 3. The highest BCUT2D eigenvalue weighted by atomic mass is 15.2. The summed E-state index contributed by atoms with van der Waals surface area (Å²) in [6, 6.07) is 82.9. The first-order valence-corrected chi connectivity index (χ1v) is 20.9. The second kappa shape index (κ2) is 16.0. The predicted octanol–water partition coefficient (Wildman–Crippen LogP) is 14.8. The fourth-order valence-corrected chi connectivity index (χ4v) is 8.58. The molecule has 0 aliphatic rings. The van der Waals surface area contributed by atoms with Gasteiger partial charge in [0.25, 0.3) is 0 Å². The van der Waals surface area contributed by atoms with Crippen molar-refractivity contribution in [2.45, 2.75) is 0 Å². The summed E-state index contributed by atoms with van der Waals surface area (Å²) in [6.07, 6.45) is 0. The van der Waals surface area contributed by atoms with Crippen LogP contribution in [0.4, 0.5) is 17.1 Å². The maximum atomic E-state index is 5.25. The minimum atomic E-state index is 0.561. The van der Waals surface area contributed by atoms with Gasteiger partial charge in [0, 0.05) is 38.8 Å². The summed E-state index contributed by atoms with van der Waals surface area (Å²) in [5.41, 5.74) is 14.0. The molecule has 9 aromatic carbocycles. The van der Waals surface area contributed by atoms with E-state index in [0.29, 0.717) is 17.6 Å². The Balaban J connectivity index is 1.08. The van der Waals surface area contributed by atoms with Crippen molar-refractivity contribution < 1.29 is 0 Å². The molecule has 0 bridgehead atoms. The Morgan fingerprint density at radius 1 is 0.323 bits per heavy atom. The van der Waals surface area contributed by atoms with Gasteiger partial charge in [0.15, 0.2) is 11.6 Å². The molecular formula is C57H39N5. The Morgan fingerprint density at radius 3 is 1.53 bits per heavy atom. The van der Waals surface area contributed by atoms with E-state index in [2.05, 4.69) is 222 Å². The second-order valence-corrected chi connectivity index (χ2v) is 15.2. The second-order valence-electron chi connectivity index (χ2n) is 15.2. The molecule has 0 fully saturated rings. The van der Waals surface area contributed by atoms with E-state index < -0.39 is 0 Å². The van der Waals surface area contributed by atoms with Crippen LogP contribution in [0.25, 0.3) is 83.9 Å². The van der Waals surface area contributed by atoms with Crippen molar-refractivity contribution in [2.75, 3.05) is 4.90 Å². The van der Waals surface area contributed by atoms with E-state index in [1.165, 1.54) is 5.56 Å². The molecule has 2 aromatic heterocycles. The van der Waals surface area contributed by atoms with Crippen molar-refractivity contribution >= 4 is 38.9 Å². The van der Waals surface area contributed by atoms with Crippen LogP contribution in [0.2, 0.25) is 0 Å². The zero-order chi connectivity index (χ0) is 41.2. The number of benzene rings is 9. The van der Waals surface area contributed by atoms with E-state index in [9.17, 15) is 0 Å². The number of nitrogens with zero attached hydrogens (tertiary/aromatic N) is 5. The molecule has 2 heterocycles. The summed E-state index contributed by atoms with van der Waals surface area (Å²) in [5, 5.41) is 2.25. The lowest BCUT2D eigenvalue weighted by Gasteiger charge is -2.28. The normalized spacial score (nSPS) is 11.2. The molecule has 11 rings (SSSR count). The molecule has 0 N–H and O–H groups in total. The zero-order valence-electron chi connectivity index (χ0n) is 33.8. The van der Waals surface area contributed by atoms with Gasteiger partial charge in [0.1, 0.15) is 0 Å². The first kappa shape index (κ1) is 36.7. The Hall–Kier alpha value is -8.41. The lowest BCUT2D eigenvalue weighted by molar-refractivity contribution is 0.953. The van der Waals surface area contributed by atoms with Crippen LogP contribution >= 0.6 is 0 Å². The summed E-state index contributed by atoms with van der Waals surface area (Å²) >= 11 is 0. The fraction of sp³-hybridized carbons (Fsp3) is 0. The number of rotatable bonds is 9. The molecule has 5 nitrogen and oxygen atoms in total. The molecule has 0 saturated heterocycles. The maximum absolute atomic E-state index is 5.25. The fourth-order valence-electron chi connectivity index (χ4n) is 8.58. The van der Waals surface area contributed by atoms with Gasteiger partial charge >= 0.3 is 0 Å². The molecule has 5 heteroatoms. The zero-order valence-corrected chi connectivity index (χ0v) is 33.8. The van der Waals surface area contributed by atoms with Crippen LogP contribution in [0, 0.1) is 0 Å². The number of fused-ring (bicyclic) bond motifs is 3. The smallest absolute Gasteiger partial charge is 0.238 e. The number of aromatic nitrogens is 4. The molecule has 0 amide bonds. The quantitative estimate of drug-likeness (QED) is 0.146. The van der Waals surface area contributed by atoms with Gasteiger partial charge in [0.05, 0.1) is 16.7 Å². The maximum Gasteiger partial charge on any atom is 0.238 e. The van der Waals surface area contributed by atoms with Crippen LogP contribution in [-0.2, 0) is 0 Å². The van der Waals surface area contributed by atoms with E-state index in [-0.39, 0.29) is 0 Å². The van der Waals surface area contributed by atoms with Crippen LogP contribution in [-0.4, -0.2) is 19.5 Å². The van der Waals surface area contributed by atoms with Crippen molar-refractivity contribution in [1.82, 2.24) is 19.5 Å². The predicted molar refractivity (Wildman–Crippen MR) is 256 cm³/mol. The Kier molecular flexibility index (Phi) is 9.45. The Labute approximate surface area is 360 Å². The molecule has 0 radical (unpaired) electrons. The minimum Gasteiger partial charge on any atom is -0.310 e. The molecule has 0 atom stereocenters. The largest absolute Gasteiger partial charge is 0.310 e. The third-order valence-electron chi connectivity index (χ3n) is 11.5. The summed E-state index contributed by atoms with van der Waals surface area (Å²) in [6.45, 7) is 0. The topological polar surface area (TPSA) is 46.8 Å². The Morgan fingerprint density at radius 2 is 0.806 bits per heavy atom. The van der Waals surface area contributed by atoms with Gasteiger partial charge in [-0.3, -0.25) is 4.57 Å². The molecule has 62 heavy (non-hydrogen) atoms. The van der Waals surface area contributed by atoms with Crippen molar-refractivity contribution in [3.8, 4) is 62.1 Å². The summed E-state index contributed by atoms with van der Waals surface area (Å²) in [4.78, 5) is 17.9. The third kappa shape index (κ3) is 6.78. The average Bonchev–Trinajstić information content (AvgIpc) is 3.70. The van der Waals surface area contributed by atoms with Gasteiger partial charge in [-0.05, 0) is 70.3 Å². The molecule has 0 unspecified atom stereocenters. The lowest BCUT2D eigenvalue weighted by Crippen LogP contribution is -2.11. The molecule has 0 aliphatic heterocycles. The van der Waals surface area contributed by atoms with Gasteiger partial charge < -0.3 is 4.90 Å². The van der Waals surface area contributed by atoms with Gasteiger partial charge in [-0.25, -0.2) is 4.98 Å². The van der Waals surface area contributed by atoms with Gasteiger partial charge in [-0.15, -0.1) is 0 Å². The molecule has 292 valence electrons.